The van der Waals surface area contributed by atoms with Crippen molar-refractivity contribution in [3.63, 3.8) is 0 Å². The summed E-state index contributed by atoms with van der Waals surface area (Å²) in [7, 11) is 0. The molecule has 0 saturated heterocycles. The lowest BCUT2D eigenvalue weighted by molar-refractivity contribution is -0.156. The molecule has 9 nitrogen and oxygen atoms in total. The molecule has 1 unspecified atom stereocenters. The highest BCUT2D eigenvalue weighted by molar-refractivity contribution is 5.82. The van der Waals surface area contributed by atoms with Gasteiger partial charge in [0.1, 0.15) is 17.7 Å². The predicted octanol–water partition coefficient (Wildman–Crippen LogP) is 3.02. The van der Waals surface area contributed by atoms with E-state index in [0.29, 0.717) is 0 Å². The van der Waals surface area contributed by atoms with E-state index in [4.69, 9.17) is 9.47 Å². The van der Waals surface area contributed by atoms with E-state index in [-0.39, 0.29) is 32.5 Å². The molecule has 0 bridgehead atoms. The van der Waals surface area contributed by atoms with Crippen molar-refractivity contribution in [1.29, 1.82) is 0 Å². The number of ether oxygens (including phenoxy) is 2. The van der Waals surface area contributed by atoms with E-state index in [0.717, 1.165) is 10.5 Å². The van der Waals surface area contributed by atoms with Crippen LogP contribution in [-0.4, -0.2) is 64.8 Å². The Balaban J connectivity index is 2.68. The van der Waals surface area contributed by atoms with Gasteiger partial charge in [0.2, 0.25) is 5.91 Å². The molecule has 1 rings (SSSR count). The molecule has 33 heavy (non-hydrogen) atoms. The molecular weight excluding hydrogens is 428 g/mol. The fourth-order valence-electron chi connectivity index (χ4n) is 2.86. The van der Waals surface area contributed by atoms with E-state index in [1.165, 1.54) is 0 Å². The molecule has 184 valence electrons. The second kappa shape index (κ2) is 12.2. The maximum atomic E-state index is 12.5. The Morgan fingerprint density at radius 3 is 2.06 bits per heavy atom. The molecule has 0 fully saturated rings. The van der Waals surface area contributed by atoms with Gasteiger partial charge in [0.25, 0.3) is 0 Å². The summed E-state index contributed by atoms with van der Waals surface area (Å²) >= 11 is 0. The predicted molar refractivity (Wildman–Crippen MR) is 123 cm³/mol. The number of amides is 2. The van der Waals surface area contributed by atoms with Crippen molar-refractivity contribution < 1.29 is 33.8 Å². The molecule has 1 atom stereocenters. The number of hydrogen-bond donors (Lipinski definition) is 2. The van der Waals surface area contributed by atoms with Crippen LogP contribution in [-0.2, 0) is 30.3 Å². The van der Waals surface area contributed by atoms with E-state index in [1.807, 2.05) is 30.3 Å². The van der Waals surface area contributed by atoms with Crippen LogP contribution >= 0.6 is 0 Å². The Labute approximate surface area is 195 Å². The first-order chi connectivity index (χ1) is 15.2. The Bertz CT molecular complexity index is 810. The summed E-state index contributed by atoms with van der Waals surface area (Å²) in [6, 6.07) is 9.07. The van der Waals surface area contributed by atoms with Crippen LogP contribution in [0.5, 0.6) is 0 Å². The first kappa shape index (κ1) is 27.9. The summed E-state index contributed by atoms with van der Waals surface area (Å²) in [6.07, 6.45) is -0.690. The van der Waals surface area contributed by atoms with Gasteiger partial charge < -0.3 is 19.9 Å². The zero-order valence-corrected chi connectivity index (χ0v) is 20.3. The number of carbonyl (C=O) groups excluding carboxylic acids is 3. The monoisotopic (exact) mass is 464 g/mol. The Kier molecular flexibility index (Phi) is 10.3. The highest BCUT2D eigenvalue weighted by Gasteiger charge is 2.27. The summed E-state index contributed by atoms with van der Waals surface area (Å²) in [5, 5.41) is 12.1. The third-order valence-corrected chi connectivity index (χ3v) is 4.20. The minimum atomic E-state index is -1.06. The van der Waals surface area contributed by atoms with E-state index < -0.39 is 41.1 Å². The normalized spacial score (nSPS) is 12.4. The third-order valence-electron chi connectivity index (χ3n) is 4.20. The number of carboxylic acids is 1. The van der Waals surface area contributed by atoms with Gasteiger partial charge in [-0.25, -0.2) is 4.79 Å². The number of nitrogens with zero attached hydrogens (tertiary/aromatic N) is 1. The van der Waals surface area contributed by atoms with Gasteiger partial charge in [-0.1, -0.05) is 30.3 Å². The van der Waals surface area contributed by atoms with Gasteiger partial charge in [0.15, 0.2) is 0 Å². The fraction of sp³-hybridized carbons (Fsp3) is 0.583. The van der Waals surface area contributed by atoms with Crippen LogP contribution < -0.4 is 5.32 Å². The number of carboxylic acid groups (broad SMARTS) is 1. The van der Waals surface area contributed by atoms with Gasteiger partial charge in [0.05, 0.1) is 5.92 Å². The van der Waals surface area contributed by atoms with Crippen molar-refractivity contribution in [2.45, 2.75) is 65.6 Å². The number of rotatable bonds is 10. The second-order valence-electron chi connectivity index (χ2n) is 9.77. The number of nitrogens with one attached hydrogen (secondary N) is 1. The SMILES string of the molecule is CC(C)(C)OC(=O)CN(CCNC(=O)CC(Cc1ccccc1)C(=O)O)C(=O)OC(C)(C)C. The first-order valence-electron chi connectivity index (χ1n) is 10.9. The lowest BCUT2D eigenvalue weighted by atomic mass is 9.96. The first-order valence-corrected chi connectivity index (χ1v) is 10.9. The van der Waals surface area contributed by atoms with Crippen LogP contribution in [0.2, 0.25) is 0 Å². The quantitative estimate of drug-likeness (QED) is 0.510. The molecule has 2 N–H and O–H groups in total. The standard InChI is InChI=1S/C24H36N2O7/c1-23(2,3)32-20(28)16-26(22(31)33-24(4,5)6)13-12-25-19(27)15-18(21(29)30)14-17-10-8-7-9-11-17/h7-11,18H,12-16H2,1-6H3,(H,25,27)(H,29,30). The number of benzene rings is 1. The smallest absolute Gasteiger partial charge is 0.410 e. The van der Waals surface area contributed by atoms with E-state index in [1.54, 1.807) is 41.5 Å². The molecule has 0 aliphatic carbocycles. The minimum absolute atomic E-state index is 0.00365. The molecule has 0 radical (unpaired) electrons. The molecule has 0 aliphatic rings. The van der Waals surface area contributed by atoms with Crippen LogP contribution in [0, 0.1) is 5.92 Å². The molecule has 9 heteroatoms. The highest BCUT2D eigenvalue weighted by atomic mass is 16.6. The van der Waals surface area contributed by atoms with Crippen LogP contribution in [0.3, 0.4) is 0 Å². The van der Waals surface area contributed by atoms with Crippen LogP contribution in [0.1, 0.15) is 53.5 Å². The summed E-state index contributed by atoms with van der Waals surface area (Å²) < 4.78 is 10.6. The molecular formula is C24H36N2O7. The molecule has 2 amide bonds. The molecule has 0 aromatic heterocycles. The lowest BCUT2D eigenvalue weighted by Gasteiger charge is -2.28. The van der Waals surface area contributed by atoms with Gasteiger partial charge in [0, 0.05) is 19.5 Å². The number of aliphatic carboxylic acids is 1. The maximum Gasteiger partial charge on any atom is 0.410 e. The number of esters is 1. The topological polar surface area (TPSA) is 122 Å². The van der Waals surface area contributed by atoms with Gasteiger partial charge in [-0.2, -0.15) is 0 Å². The van der Waals surface area contributed by atoms with E-state index in [2.05, 4.69) is 5.32 Å². The van der Waals surface area contributed by atoms with Crippen LogP contribution in [0.25, 0.3) is 0 Å². The second-order valence-corrected chi connectivity index (χ2v) is 9.77. The van der Waals surface area contributed by atoms with Crippen molar-refractivity contribution in [2.75, 3.05) is 19.6 Å². The molecule has 0 heterocycles. The Hall–Kier alpha value is -3.10. The molecule has 0 spiro atoms. The average molecular weight is 465 g/mol. The van der Waals surface area contributed by atoms with Gasteiger partial charge in [-0.05, 0) is 53.5 Å². The van der Waals surface area contributed by atoms with Gasteiger partial charge in [-0.15, -0.1) is 0 Å². The van der Waals surface area contributed by atoms with Crippen molar-refractivity contribution in [3.05, 3.63) is 35.9 Å². The molecule has 0 saturated carbocycles. The van der Waals surface area contributed by atoms with Crippen LogP contribution in [0.4, 0.5) is 4.79 Å². The van der Waals surface area contributed by atoms with Crippen molar-refractivity contribution in [2.24, 2.45) is 5.92 Å². The lowest BCUT2D eigenvalue weighted by Crippen LogP contribution is -2.45. The molecule has 0 aliphatic heterocycles. The summed E-state index contributed by atoms with van der Waals surface area (Å²) in [6.45, 7) is 9.96. The zero-order valence-electron chi connectivity index (χ0n) is 20.3. The summed E-state index contributed by atoms with van der Waals surface area (Å²) in [4.78, 5) is 49.8. The summed E-state index contributed by atoms with van der Waals surface area (Å²) in [5.41, 5.74) is -0.653. The number of carbonyl (C=O) groups is 4. The van der Waals surface area contributed by atoms with Crippen LogP contribution in [0.15, 0.2) is 30.3 Å². The Morgan fingerprint density at radius 2 is 1.55 bits per heavy atom. The average Bonchev–Trinajstić information content (AvgIpc) is 2.64. The Morgan fingerprint density at radius 1 is 0.970 bits per heavy atom. The van der Waals surface area contributed by atoms with Gasteiger partial charge >= 0.3 is 18.0 Å². The van der Waals surface area contributed by atoms with E-state index in [9.17, 15) is 24.3 Å². The largest absolute Gasteiger partial charge is 0.481 e. The summed E-state index contributed by atoms with van der Waals surface area (Å²) in [5.74, 6) is -3.00. The third kappa shape index (κ3) is 12.5. The molecule has 1 aromatic carbocycles. The molecule has 1 aromatic rings. The zero-order chi connectivity index (χ0) is 25.2. The van der Waals surface area contributed by atoms with E-state index >= 15 is 0 Å². The van der Waals surface area contributed by atoms with Crippen molar-refractivity contribution in [1.82, 2.24) is 10.2 Å². The van der Waals surface area contributed by atoms with Crippen molar-refractivity contribution >= 4 is 23.9 Å². The number of hydrogen-bond acceptors (Lipinski definition) is 6. The fourth-order valence-corrected chi connectivity index (χ4v) is 2.86. The minimum Gasteiger partial charge on any atom is -0.481 e. The van der Waals surface area contributed by atoms with Crippen molar-refractivity contribution in [3.8, 4) is 0 Å². The van der Waals surface area contributed by atoms with Gasteiger partial charge in [-0.3, -0.25) is 19.3 Å². The highest BCUT2D eigenvalue weighted by Crippen LogP contribution is 2.14. The maximum absolute atomic E-state index is 12.5.